The first-order valence-electron chi connectivity index (χ1n) is 6.79. The van der Waals surface area contributed by atoms with Crippen LogP contribution in [-0.4, -0.2) is 6.04 Å². The Bertz CT molecular complexity index is 368. The summed E-state index contributed by atoms with van der Waals surface area (Å²) in [5.41, 5.74) is 5.62. The van der Waals surface area contributed by atoms with Crippen LogP contribution in [0.5, 0.6) is 0 Å². The van der Waals surface area contributed by atoms with Gasteiger partial charge in [0.05, 0.1) is 0 Å². The molecule has 2 atom stereocenters. The second-order valence-corrected chi connectivity index (χ2v) is 5.37. The summed E-state index contributed by atoms with van der Waals surface area (Å²) in [4.78, 5) is 0. The summed E-state index contributed by atoms with van der Waals surface area (Å²) in [5, 5.41) is 3.68. The average Bonchev–Trinajstić information content (AvgIpc) is 2.23. The molecule has 2 unspecified atom stereocenters. The molecule has 0 spiro atoms. The van der Waals surface area contributed by atoms with Crippen LogP contribution in [0.25, 0.3) is 0 Å². The predicted octanol–water partition coefficient (Wildman–Crippen LogP) is 4.45. The van der Waals surface area contributed by atoms with Gasteiger partial charge in [0, 0.05) is 12.1 Å². The first-order valence-corrected chi connectivity index (χ1v) is 6.79. The number of hydrogen-bond donors (Lipinski definition) is 1. The number of rotatable bonds is 5. The van der Waals surface area contributed by atoms with E-state index in [1.54, 1.807) is 0 Å². The van der Waals surface area contributed by atoms with Crippen molar-refractivity contribution in [3.63, 3.8) is 0 Å². The number of aryl methyl sites for hydroxylation is 3. The third-order valence-corrected chi connectivity index (χ3v) is 3.61. The molecule has 1 aromatic carbocycles. The van der Waals surface area contributed by atoms with E-state index in [1.165, 1.54) is 35.1 Å². The molecule has 0 aliphatic rings. The van der Waals surface area contributed by atoms with E-state index in [4.69, 9.17) is 0 Å². The topological polar surface area (TPSA) is 12.0 Å². The van der Waals surface area contributed by atoms with Gasteiger partial charge in [0.1, 0.15) is 0 Å². The maximum atomic E-state index is 3.68. The minimum Gasteiger partial charge on any atom is -0.308 e. The van der Waals surface area contributed by atoms with Crippen LogP contribution >= 0.6 is 0 Å². The fourth-order valence-electron chi connectivity index (χ4n) is 2.48. The maximum Gasteiger partial charge on any atom is 0.0296 e. The molecule has 0 aromatic heterocycles. The lowest BCUT2D eigenvalue weighted by molar-refractivity contribution is 0.451. The van der Waals surface area contributed by atoms with Crippen molar-refractivity contribution in [2.75, 3.05) is 0 Å². The lowest BCUT2D eigenvalue weighted by atomic mass is 9.96. The molecule has 0 heterocycles. The quantitative estimate of drug-likeness (QED) is 0.792. The Morgan fingerprint density at radius 3 is 2.18 bits per heavy atom. The molecule has 0 aliphatic carbocycles. The van der Waals surface area contributed by atoms with Crippen molar-refractivity contribution in [1.82, 2.24) is 5.32 Å². The Morgan fingerprint density at radius 2 is 1.59 bits per heavy atom. The molecule has 17 heavy (non-hydrogen) atoms. The molecule has 1 heteroatoms. The molecule has 0 saturated heterocycles. The minimum atomic E-state index is 0.441. The Balaban J connectivity index is 2.81. The fourth-order valence-corrected chi connectivity index (χ4v) is 2.48. The van der Waals surface area contributed by atoms with E-state index in [1.807, 2.05) is 0 Å². The van der Waals surface area contributed by atoms with Gasteiger partial charge in [-0.25, -0.2) is 0 Å². The van der Waals surface area contributed by atoms with Crippen molar-refractivity contribution >= 4 is 0 Å². The Labute approximate surface area is 107 Å². The molecular weight excluding hydrogens is 206 g/mol. The second kappa shape index (κ2) is 6.20. The first kappa shape index (κ1) is 14.2. The van der Waals surface area contributed by atoms with Crippen LogP contribution in [0.2, 0.25) is 0 Å². The van der Waals surface area contributed by atoms with Gasteiger partial charge in [-0.15, -0.1) is 0 Å². The third kappa shape index (κ3) is 3.85. The Hall–Kier alpha value is -0.820. The summed E-state index contributed by atoms with van der Waals surface area (Å²) in [6, 6.07) is 5.67. The maximum absolute atomic E-state index is 3.68. The molecule has 0 saturated carbocycles. The standard InChI is InChI=1S/C16H27N/c1-7-8-14(5)17-15(6)16-10-12(3)11(2)9-13(16)4/h9-10,14-15,17H,7-8H2,1-6H3. The largest absolute Gasteiger partial charge is 0.308 e. The molecule has 1 nitrogen and oxygen atoms in total. The zero-order valence-electron chi connectivity index (χ0n) is 12.2. The van der Waals surface area contributed by atoms with Crippen molar-refractivity contribution in [1.29, 1.82) is 0 Å². The van der Waals surface area contributed by atoms with E-state index in [0.29, 0.717) is 12.1 Å². The van der Waals surface area contributed by atoms with E-state index in [2.05, 4.69) is 59.0 Å². The predicted molar refractivity (Wildman–Crippen MR) is 76.6 cm³/mol. The van der Waals surface area contributed by atoms with Crippen molar-refractivity contribution in [3.8, 4) is 0 Å². The number of nitrogens with one attached hydrogen (secondary N) is 1. The van der Waals surface area contributed by atoms with Crippen LogP contribution in [0.4, 0.5) is 0 Å². The minimum absolute atomic E-state index is 0.441. The highest BCUT2D eigenvalue weighted by Gasteiger charge is 2.12. The van der Waals surface area contributed by atoms with Crippen LogP contribution in [-0.2, 0) is 0 Å². The Morgan fingerprint density at radius 1 is 1.00 bits per heavy atom. The molecule has 1 aromatic rings. The molecule has 1 N–H and O–H groups in total. The lowest BCUT2D eigenvalue weighted by Gasteiger charge is -2.22. The van der Waals surface area contributed by atoms with Gasteiger partial charge in [0.2, 0.25) is 0 Å². The lowest BCUT2D eigenvalue weighted by Crippen LogP contribution is -2.29. The van der Waals surface area contributed by atoms with Gasteiger partial charge >= 0.3 is 0 Å². The van der Waals surface area contributed by atoms with E-state index in [0.717, 1.165) is 0 Å². The van der Waals surface area contributed by atoms with Crippen molar-refractivity contribution in [2.45, 2.75) is 66.5 Å². The van der Waals surface area contributed by atoms with Gasteiger partial charge in [-0.1, -0.05) is 25.5 Å². The van der Waals surface area contributed by atoms with Crippen molar-refractivity contribution in [2.24, 2.45) is 0 Å². The van der Waals surface area contributed by atoms with Crippen LogP contribution in [0.15, 0.2) is 12.1 Å². The molecule has 96 valence electrons. The van der Waals surface area contributed by atoms with Gasteiger partial charge in [-0.3, -0.25) is 0 Å². The van der Waals surface area contributed by atoms with Crippen LogP contribution in [0.3, 0.4) is 0 Å². The number of hydrogen-bond acceptors (Lipinski definition) is 1. The second-order valence-electron chi connectivity index (χ2n) is 5.37. The zero-order chi connectivity index (χ0) is 13.0. The van der Waals surface area contributed by atoms with E-state index in [-0.39, 0.29) is 0 Å². The average molecular weight is 233 g/mol. The fraction of sp³-hybridized carbons (Fsp3) is 0.625. The molecule has 0 aliphatic heterocycles. The van der Waals surface area contributed by atoms with E-state index < -0.39 is 0 Å². The summed E-state index contributed by atoms with van der Waals surface area (Å²) in [6.07, 6.45) is 2.49. The molecule has 1 rings (SSSR count). The zero-order valence-corrected chi connectivity index (χ0v) is 12.2. The van der Waals surface area contributed by atoms with Gasteiger partial charge in [-0.2, -0.15) is 0 Å². The summed E-state index contributed by atoms with van der Waals surface area (Å²) in [7, 11) is 0. The van der Waals surface area contributed by atoms with Gasteiger partial charge in [-0.05, 0) is 63.3 Å². The molecule has 0 bridgehead atoms. The summed E-state index contributed by atoms with van der Waals surface area (Å²) in [5.74, 6) is 0. The normalized spacial score (nSPS) is 14.7. The van der Waals surface area contributed by atoms with E-state index >= 15 is 0 Å². The van der Waals surface area contributed by atoms with Crippen LogP contribution < -0.4 is 5.32 Å². The van der Waals surface area contributed by atoms with Crippen molar-refractivity contribution < 1.29 is 0 Å². The summed E-state index contributed by atoms with van der Waals surface area (Å²) in [6.45, 7) is 13.4. The summed E-state index contributed by atoms with van der Waals surface area (Å²) < 4.78 is 0. The van der Waals surface area contributed by atoms with E-state index in [9.17, 15) is 0 Å². The molecular formula is C16H27N. The molecule has 0 radical (unpaired) electrons. The highest BCUT2D eigenvalue weighted by Crippen LogP contribution is 2.22. The third-order valence-electron chi connectivity index (χ3n) is 3.61. The van der Waals surface area contributed by atoms with Crippen LogP contribution in [0.1, 0.15) is 61.9 Å². The first-order chi connectivity index (χ1) is 7.95. The van der Waals surface area contributed by atoms with Crippen molar-refractivity contribution in [3.05, 3.63) is 34.4 Å². The highest BCUT2D eigenvalue weighted by atomic mass is 14.9. The number of benzene rings is 1. The highest BCUT2D eigenvalue weighted by molar-refractivity contribution is 5.38. The van der Waals surface area contributed by atoms with Crippen LogP contribution in [0, 0.1) is 20.8 Å². The van der Waals surface area contributed by atoms with Gasteiger partial charge in [0.25, 0.3) is 0 Å². The smallest absolute Gasteiger partial charge is 0.0296 e. The monoisotopic (exact) mass is 233 g/mol. The Kier molecular flexibility index (Phi) is 5.20. The molecule has 0 amide bonds. The van der Waals surface area contributed by atoms with Gasteiger partial charge < -0.3 is 5.32 Å². The summed E-state index contributed by atoms with van der Waals surface area (Å²) >= 11 is 0. The SMILES string of the molecule is CCCC(C)NC(C)c1cc(C)c(C)cc1C. The van der Waals surface area contributed by atoms with Gasteiger partial charge in [0.15, 0.2) is 0 Å². The molecule has 0 fully saturated rings.